The molecular formula is C33H34F6O6. The monoisotopic (exact) mass is 640 g/mol. The van der Waals surface area contributed by atoms with Gasteiger partial charge in [-0.3, -0.25) is 4.79 Å². The van der Waals surface area contributed by atoms with Crippen molar-refractivity contribution < 1.29 is 54.8 Å². The van der Waals surface area contributed by atoms with E-state index in [9.17, 15) is 31.1 Å². The second-order valence-electron chi connectivity index (χ2n) is 10.7. The molecule has 0 radical (unpaired) electrons. The Bertz CT molecular complexity index is 1320. The number of rotatable bonds is 14. The largest absolute Gasteiger partial charge is 0.416 e. The van der Waals surface area contributed by atoms with E-state index < -0.39 is 53.6 Å². The minimum absolute atomic E-state index is 0.0292. The van der Waals surface area contributed by atoms with Crippen LogP contribution < -0.4 is 0 Å². The van der Waals surface area contributed by atoms with Crippen LogP contribution in [0.15, 0.2) is 78.9 Å². The molecule has 0 aliphatic carbocycles. The fourth-order valence-electron chi connectivity index (χ4n) is 4.86. The molecule has 6 nitrogen and oxygen atoms in total. The molecule has 0 saturated carbocycles. The Morgan fingerprint density at radius 3 is 1.87 bits per heavy atom. The van der Waals surface area contributed by atoms with Crippen molar-refractivity contribution in [3.05, 3.63) is 107 Å². The zero-order chi connectivity index (χ0) is 32.5. The number of methoxy groups -OCH3 is 1. The van der Waals surface area contributed by atoms with Crippen LogP contribution in [-0.4, -0.2) is 44.4 Å². The third-order valence-corrected chi connectivity index (χ3v) is 7.11. The normalized spacial score (nSPS) is 19.8. The number of alkyl halides is 6. The van der Waals surface area contributed by atoms with Gasteiger partial charge in [0.05, 0.1) is 55.9 Å². The average Bonchev–Trinajstić information content (AvgIpc) is 3.00. The van der Waals surface area contributed by atoms with Crippen molar-refractivity contribution in [1.29, 1.82) is 0 Å². The number of hydrogen-bond donors (Lipinski definition) is 0. The molecule has 1 saturated heterocycles. The van der Waals surface area contributed by atoms with E-state index in [1.807, 2.05) is 60.7 Å². The van der Waals surface area contributed by atoms with Gasteiger partial charge < -0.3 is 23.7 Å². The molecule has 45 heavy (non-hydrogen) atoms. The molecule has 244 valence electrons. The quantitative estimate of drug-likeness (QED) is 0.168. The fraction of sp³-hybridized carbons (Fsp3) is 0.424. The number of halogens is 6. The number of ether oxygens (including phenoxy) is 5. The molecule has 0 spiro atoms. The zero-order valence-corrected chi connectivity index (χ0v) is 24.5. The molecule has 4 rings (SSSR count). The molecule has 1 fully saturated rings. The van der Waals surface area contributed by atoms with Crippen LogP contribution in [0.3, 0.4) is 0 Å². The van der Waals surface area contributed by atoms with Gasteiger partial charge in [0.2, 0.25) is 0 Å². The van der Waals surface area contributed by atoms with Crippen LogP contribution >= 0.6 is 0 Å². The van der Waals surface area contributed by atoms with Crippen molar-refractivity contribution >= 4 is 5.78 Å². The maximum Gasteiger partial charge on any atom is 0.416 e. The highest BCUT2D eigenvalue weighted by atomic mass is 19.4. The van der Waals surface area contributed by atoms with E-state index in [1.54, 1.807) is 0 Å². The van der Waals surface area contributed by atoms with Crippen molar-refractivity contribution in [2.75, 3.05) is 20.3 Å². The minimum Gasteiger partial charge on any atom is -0.379 e. The molecule has 3 aromatic rings. The molecule has 1 aliphatic rings. The van der Waals surface area contributed by atoms with Gasteiger partial charge in [-0.15, -0.1) is 0 Å². The van der Waals surface area contributed by atoms with Gasteiger partial charge in [-0.1, -0.05) is 60.7 Å². The number of hydrogen-bond acceptors (Lipinski definition) is 6. The lowest BCUT2D eigenvalue weighted by atomic mass is 10.00. The Balaban J connectivity index is 1.46. The smallest absolute Gasteiger partial charge is 0.379 e. The van der Waals surface area contributed by atoms with Gasteiger partial charge in [0, 0.05) is 31.9 Å². The summed E-state index contributed by atoms with van der Waals surface area (Å²) in [5.74, 6) is -0.278. The molecule has 0 unspecified atom stereocenters. The SMILES string of the molecule is CO[C@@H](COCc1ccccc1)CC(=O)C[C@@H]1C[C@H](COCc2ccccc2)O[C@H](c2cc(C(F)(F)F)cc(C(F)(F)F)c2)O1. The van der Waals surface area contributed by atoms with E-state index in [0.29, 0.717) is 18.7 Å². The number of benzene rings is 3. The van der Waals surface area contributed by atoms with Gasteiger partial charge in [-0.05, 0) is 29.3 Å². The molecule has 1 aliphatic heterocycles. The van der Waals surface area contributed by atoms with Crippen LogP contribution in [0.5, 0.6) is 0 Å². The molecule has 4 atom stereocenters. The number of carbonyl (C=O) groups is 1. The Morgan fingerprint density at radius 2 is 1.33 bits per heavy atom. The lowest BCUT2D eigenvalue weighted by Crippen LogP contribution is -2.38. The van der Waals surface area contributed by atoms with E-state index in [0.717, 1.165) is 11.1 Å². The highest BCUT2D eigenvalue weighted by Crippen LogP contribution is 2.40. The van der Waals surface area contributed by atoms with Gasteiger partial charge in [0.15, 0.2) is 6.29 Å². The van der Waals surface area contributed by atoms with Crippen LogP contribution in [-0.2, 0) is 54.0 Å². The summed E-state index contributed by atoms with van der Waals surface area (Å²) in [7, 11) is 1.44. The molecule has 0 bridgehead atoms. The van der Waals surface area contributed by atoms with Crippen molar-refractivity contribution in [3.8, 4) is 0 Å². The lowest BCUT2D eigenvalue weighted by molar-refractivity contribution is -0.257. The van der Waals surface area contributed by atoms with Gasteiger partial charge in [0.25, 0.3) is 0 Å². The summed E-state index contributed by atoms with van der Waals surface area (Å²) in [5, 5.41) is 0. The van der Waals surface area contributed by atoms with E-state index in [-0.39, 0.29) is 50.9 Å². The number of Topliss-reactive ketones (excluding diaryl/α,β-unsaturated/α-hetero) is 1. The number of carbonyl (C=O) groups excluding carboxylic acids is 1. The fourth-order valence-corrected chi connectivity index (χ4v) is 4.86. The molecule has 1 heterocycles. The predicted molar refractivity (Wildman–Crippen MR) is 151 cm³/mol. The van der Waals surface area contributed by atoms with Crippen molar-refractivity contribution in [2.24, 2.45) is 0 Å². The third-order valence-electron chi connectivity index (χ3n) is 7.11. The predicted octanol–water partition coefficient (Wildman–Crippen LogP) is 7.69. The van der Waals surface area contributed by atoms with Crippen LogP contribution in [0.25, 0.3) is 0 Å². The standard InChI is InChI=1S/C33H34F6O6/c1-41-29(20-42-18-22-8-4-2-5-9-22)16-27(40)15-28-17-30(21-43-19-23-10-6-3-7-11-23)45-31(44-28)24-12-25(32(34,35)36)14-26(13-24)33(37,38)39/h2-14,28-31H,15-21H2,1H3/t28-,29-,30-,31-/m1/s1. The van der Waals surface area contributed by atoms with Crippen LogP contribution in [0, 0.1) is 0 Å². The van der Waals surface area contributed by atoms with Crippen LogP contribution in [0.4, 0.5) is 26.3 Å². The summed E-state index contributed by atoms with van der Waals surface area (Å²) in [4.78, 5) is 13.0. The lowest BCUT2D eigenvalue weighted by Gasteiger charge is -2.36. The first-order valence-corrected chi connectivity index (χ1v) is 14.3. The second kappa shape index (κ2) is 15.8. The van der Waals surface area contributed by atoms with E-state index in [2.05, 4.69) is 0 Å². The summed E-state index contributed by atoms with van der Waals surface area (Å²) in [5.41, 5.74) is -1.64. The summed E-state index contributed by atoms with van der Waals surface area (Å²) in [6, 6.07) is 19.8. The molecule has 0 aromatic heterocycles. The highest BCUT2D eigenvalue weighted by Gasteiger charge is 2.40. The maximum absolute atomic E-state index is 13.6. The van der Waals surface area contributed by atoms with Crippen molar-refractivity contribution in [1.82, 2.24) is 0 Å². The first-order valence-electron chi connectivity index (χ1n) is 14.3. The molecule has 12 heteroatoms. The first kappa shape index (κ1) is 34.6. The van der Waals surface area contributed by atoms with E-state index in [1.165, 1.54) is 7.11 Å². The highest BCUT2D eigenvalue weighted by molar-refractivity contribution is 5.79. The second-order valence-corrected chi connectivity index (χ2v) is 10.7. The molecular weight excluding hydrogens is 606 g/mol. The average molecular weight is 641 g/mol. The minimum atomic E-state index is -5.05. The third kappa shape index (κ3) is 10.9. The van der Waals surface area contributed by atoms with Crippen molar-refractivity contribution in [2.45, 2.75) is 69.4 Å². The van der Waals surface area contributed by atoms with Gasteiger partial charge in [0.1, 0.15) is 5.78 Å². The Morgan fingerprint density at radius 1 is 0.800 bits per heavy atom. The van der Waals surface area contributed by atoms with Crippen molar-refractivity contribution in [3.63, 3.8) is 0 Å². The van der Waals surface area contributed by atoms with E-state index >= 15 is 0 Å². The van der Waals surface area contributed by atoms with Gasteiger partial charge in [-0.2, -0.15) is 26.3 Å². The van der Waals surface area contributed by atoms with E-state index in [4.69, 9.17) is 23.7 Å². The first-order chi connectivity index (χ1) is 21.4. The molecule has 0 N–H and O–H groups in total. The summed E-state index contributed by atoms with van der Waals surface area (Å²) in [6.07, 6.45) is -14.0. The van der Waals surface area contributed by atoms with Crippen LogP contribution in [0.1, 0.15) is 53.4 Å². The maximum atomic E-state index is 13.6. The topological polar surface area (TPSA) is 63.2 Å². The summed E-state index contributed by atoms with van der Waals surface area (Å²) in [6.45, 7) is 0.630. The van der Waals surface area contributed by atoms with Gasteiger partial charge >= 0.3 is 12.4 Å². The Kier molecular flexibility index (Phi) is 12.2. The number of ketones is 1. The summed E-state index contributed by atoms with van der Waals surface area (Å²) >= 11 is 0. The molecule has 0 amide bonds. The Labute approximate surface area is 257 Å². The molecule has 3 aromatic carbocycles. The zero-order valence-electron chi connectivity index (χ0n) is 24.5. The van der Waals surface area contributed by atoms with Gasteiger partial charge in [-0.25, -0.2) is 0 Å². The summed E-state index contributed by atoms with van der Waals surface area (Å²) < 4.78 is 110. The van der Waals surface area contributed by atoms with Crippen LogP contribution in [0.2, 0.25) is 0 Å². The Hall–Kier alpha value is -3.29.